The van der Waals surface area contributed by atoms with Gasteiger partial charge in [-0.25, -0.2) is 13.2 Å². The molecule has 2 rings (SSSR count). The van der Waals surface area contributed by atoms with Crippen LogP contribution in [0.15, 0.2) is 58.0 Å². The van der Waals surface area contributed by atoms with E-state index in [1.54, 1.807) is 45.0 Å². The van der Waals surface area contributed by atoms with Gasteiger partial charge in [0.2, 0.25) is 9.84 Å². The van der Waals surface area contributed by atoms with Crippen molar-refractivity contribution in [2.75, 3.05) is 0 Å². The lowest BCUT2D eigenvalue weighted by Crippen LogP contribution is -2.38. The van der Waals surface area contributed by atoms with Gasteiger partial charge in [-0.3, -0.25) is 5.32 Å². The number of alkyl carbamates (subject to hydrolysis) is 1. The van der Waals surface area contributed by atoms with Crippen LogP contribution in [0.2, 0.25) is 0 Å². The van der Waals surface area contributed by atoms with Crippen molar-refractivity contribution in [3.8, 4) is 0 Å². The molecule has 1 atom stereocenters. The van der Waals surface area contributed by atoms with Gasteiger partial charge in [0, 0.05) is 0 Å². The van der Waals surface area contributed by atoms with Crippen molar-refractivity contribution in [3.63, 3.8) is 0 Å². The first-order valence-corrected chi connectivity index (χ1v) is 8.57. The molecule has 124 valence electrons. The highest BCUT2D eigenvalue weighted by Gasteiger charge is 2.34. The number of carbonyl (C=O) groups excluding carboxylic acids is 1. The molecule has 0 aliphatic heterocycles. The van der Waals surface area contributed by atoms with E-state index in [0.29, 0.717) is 0 Å². The summed E-state index contributed by atoms with van der Waals surface area (Å²) >= 11 is 0. The molecule has 0 aliphatic rings. The zero-order chi connectivity index (χ0) is 17.1. The lowest BCUT2D eigenvalue weighted by atomic mass is 10.2. The Morgan fingerprint density at radius 2 is 1.78 bits per heavy atom. The summed E-state index contributed by atoms with van der Waals surface area (Å²) in [6.07, 6.45) is 0.512. The maximum absolute atomic E-state index is 12.8. The Hall–Kier alpha value is -2.28. The Balaban J connectivity index is 2.35. The molecule has 7 heteroatoms. The predicted molar refractivity (Wildman–Crippen MR) is 84.4 cm³/mol. The highest BCUT2D eigenvalue weighted by Crippen LogP contribution is 2.27. The van der Waals surface area contributed by atoms with Crippen molar-refractivity contribution < 1.29 is 22.4 Å². The van der Waals surface area contributed by atoms with E-state index in [0.717, 1.165) is 0 Å². The fraction of sp³-hybridized carbons (Fsp3) is 0.312. The fourth-order valence-electron chi connectivity index (χ4n) is 1.90. The average molecular weight is 337 g/mol. The van der Waals surface area contributed by atoms with Crippen LogP contribution in [-0.4, -0.2) is 20.1 Å². The van der Waals surface area contributed by atoms with Gasteiger partial charge in [0.15, 0.2) is 5.37 Å². The summed E-state index contributed by atoms with van der Waals surface area (Å²) in [6.45, 7) is 5.08. The molecule has 1 aromatic carbocycles. The number of hydrogen-bond donors (Lipinski definition) is 1. The van der Waals surface area contributed by atoms with Crippen LogP contribution in [0, 0.1) is 0 Å². The molecule has 1 unspecified atom stereocenters. The van der Waals surface area contributed by atoms with E-state index >= 15 is 0 Å². The number of rotatable bonds is 4. The molecule has 0 radical (unpaired) electrons. The summed E-state index contributed by atoms with van der Waals surface area (Å²) in [4.78, 5) is 12.1. The molecular formula is C16H19NO5S. The third-order valence-electron chi connectivity index (χ3n) is 2.83. The van der Waals surface area contributed by atoms with E-state index in [9.17, 15) is 13.2 Å². The highest BCUT2D eigenvalue weighted by atomic mass is 32.2. The van der Waals surface area contributed by atoms with E-state index in [2.05, 4.69) is 5.32 Å². The molecule has 2 aromatic rings. The van der Waals surface area contributed by atoms with Gasteiger partial charge < -0.3 is 9.15 Å². The molecule has 0 fully saturated rings. The van der Waals surface area contributed by atoms with Gasteiger partial charge in [-0.15, -0.1) is 0 Å². The average Bonchev–Trinajstić information content (AvgIpc) is 2.97. The molecule has 1 heterocycles. The summed E-state index contributed by atoms with van der Waals surface area (Å²) < 4.78 is 35.9. The summed E-state index contributed by atoms with van der Waals surface area (Å²) in [5.74, 6) is 0.111. The maximum Gasteiger partial charge on any atom is 0.409 e. The topological polar surface area (TPSA) is 85.6 Å². The summed E-state index contributed by atoms with van der Waals surface area (Å²) in [7, 11) is -3.88. The van der Waals surface area contributed by atoms with Crippen molar-refractivity contribution in [1.82, 2.24) is 5.32 Å². The normalized spacial score (nSPS) is 13.3. The van der Waals surface area contributed by atoms with Gasteiger partial charge in [-0.2, -0.15) is 0 Å². The Morgan fingerprint density at radius 3 is 2.30 bits per heavy atom. The van der Waals surface area contributed by atoms with Gasteiger partial charge in [0.1, 0.15) is 11.4 Å². The second-order valence-corrected chi connectivity index (χ2v) is 7.93. The molecule has 0 saturated heterocycles. The number of amides is 1. The minimum atomic E-state index is -3.88. The lowest BCUT2D eigenvalue weighted by molar-refractivity contribution is 0.0515. The molecular weight excluding hydrogens is 318 g/mol. The number of furan rings is 1. The van der Waals surface area contributed by atoms with Crippen molar-refractivity contribution in [3.05, 3.63) is 54.5 Å². The van der Waals surface area contributed by atoms with E-state index in [1.165, 1.54) is 24.5 Å². The molecule has 0 spiro atoms. The van der Waals surface area contributed by atoms with Crippen LogP contribution < -0.4 is 5.32 Å². The summed E-state index contributed by atoms with van der Waals surface area (Å²) in [5.41, 5.74) is -0.742. The second kappa shape index (κ2) is 6.45. The van der Waals surface area contributed by atoms with Gasteiger partial charge in [0.25, 0.3) is 0 Å². The number of ether oxygens (including phenoxy) is 1. The Morgan fingerprint density at radius 1 is 1.13 bits per heavy atom. The molecule has 1 aromatic heterocycles. The van der Waals surface area contributed by atoms with E-state index in [4.69, 9.17) is 9.15 Å². The standard InChI is InChI=1S/C16H19NO5S/c1-16(2,3)22-15(18)17-14(13-10-7-11-21-13)23(19,20)12-8-5-4-6-9-12/h4-11,14H,1-3H3,(H,17,18). The number of carbonyl (C=O) groups is 1. The molecule has 0 aliphatic carbocycles. The molecule has 6 nitrogen and oxygen atoms in total. The van der Waals surface area contributed by atoms with Crippen LogP contribution in [0.1, 0.15) is 31.9 Å². The third kappa shape index (κ3) is 4.35. The van der Waals surface area contributed by atoms with E-state index in [-0.39, 0.29) is 10.7 Å². The molecule has 0 bridgehead atoms. The molecule has 1 N–H and O–H groups in total. The highest BCUT2D eigenvalue weighted by molar-refractivity contribution is 7.91. The second-order valence-electron chi connectivity index (χ2n) is 5.90. The van der Waals surface area contributed by atoms with Crippen LogP contribution in [0.4, 0.5) is 4.79 Å². The van der Waals surface area contributed by atoms with Crippen molar-refractivity contribution >= 4 is 15.9 Å². The summed E-state index contributed by atoms with van der Waals surface area (Å²) in [6, 6.07) is 10.9. The minimum Gasteiger partial charge on any atom is -0.466 e. The number of sulfone groups is 1. The monoisotopic (exact) mass is 337 g/mol. The van der Waals surface area contributed by atoms with Crippen LogP contribution >= 0.6 is 0 Å². The van der Waals surface area contributed by atoms with Crippen LogP contribution in [0.25, 0.3) is 0 Å². The maximum atomic E-state index is 12.8. The van der Waals surface area contributed by atoms with Crippen LogP contribution in [-0.2, 0) is 14.6 Å². The van der Waals surface area contributed by atoms with E-state index in [1.807, 2.05) is 0 Å². The summed E-state index contributed by atoms with van der Waals surface area (Å²) in [5, 5.41) is 1.01. The van der Waals surface area contributed by atoms with Gasteiger partial charge in [-0.05, 0) is 45.0 Å². The zero-order valence-corrected chi connectivity index (χ0v) is 14.0. The quantitative estimate of drug-likeness (QED) is 0.925. The first-order chi connectivity index (χ1) is 10.7. The van der Waals surface area contributed by atoms with Gasteiger partial charge >= 0.3 is 6.09 Å². The van der Waals surface area contributed by atoms with Crippen molar-refractivity contribution in [1.29, 1.82) is 0 Å². The van der Waals surface area contributed by atoms with Gasteiger partial charge in [-0.1, -0.05) is 18.2 Å². The zero-order valence-electron chi connectivity index (χ0n) is 13.1. The Labute approximate surface area is 135 Å². The largest absolute Gasteiger partial charge is 0.466 e. The van der Waals surface area contributed by atoms with Crippen LogP contribution in [0.3, 0.4) is 0 Å². The van der Waals surface area contributed by atoms with Crippen molar-refractivity contribution in [2.45, 2.75) is 36.6 Å². The first kappa shape index (κ1) is 17.1. The van der Waals surface area contributed by atoms with Gasteiger partial charge in [0.05, 0.1) is 11.2 Å². The minimum absolute atomic E-state index is 0.0810. The van der Waals surface area contributed by atoms with Crippen molar-refractivity contribution in [2.24, 2.45) is 0 Å². The molecule has 1 amide bonds. The smallest absolute Gasteiger partial charge is 0.409 e. The third-order valence-corrected chi connectivity index (χ3v) is 4.73. The molecule has 23 heavy (non-hydrogen) atoms. The van der Waals surface area contributed by atoms with Crippen LogP contribution in [0.5, 0.6) is 0 Å². The number of nitrogens with one attached hydrogen (secondary N) is 1. The fourth-order valence-corrected chi connectivity index (χ4v) is 3.40. The Bertz CT molecular complexity index is 746. The first-order valence-electron chi connectivity index (χ1n) is 7.02. The predicted octanol–water partition coefficient (Wildman–Crippen LogP) is 3.28. The number of benzene rings is 1. The molecule has 0 saturated carbocycles. The Kier molecular flexibility index (Phi) is 4.79. The lowest BCUT2D eigenvalue weighted by Gasteiger charge is -2.23. The SMILES string of the molecule is CC(C)(C)OC(=O)NC(c1ccco1)S(=O)(=O)c1ccccc1. The number of hydrogen-bond acceptors (Lipinski definition) is 5. The van der Waals surface area contributed by atoms with E-state index < -0.39 is 26.9 Å².